The number of carbonyl (C=O) groups is 2. The maximum atomic E-state index is 12.6. The van der Waals surface area contributed by atoms with Gasteiger partial charge in [0.15, 0.2) is 6.61 Å². The summed E-state index contributed by atoms with van der Waals surface area (Å²) in [6.45, 7) is -0.181. The van der Waals surface area contributed by atoms with Gasteiger partial charge in [-0.3, -0.25) is 4.79 Å². The van der Waals surface area contributed by atoms with Crippen molar-refractivity contribution in [2.24, 2.45) is 0 Å². The zero-order valence-electron chi connectivity index (χ0n) is 15.4. The van der Waals surface area contributed by atoms with Crippen LogP contribution < -0.4 is 5.32 Å². The van der Waals surface area contributed by atoms with Gasteiger partial charge in [-0.05, 0) is 29.3 Å². The number of hydrogen-bond acceptors (Lipinski definition) is 4. The summed E-state index contributed by atoms with van der Waals surface area (Å²) in [5, 5.41) is 12.5. The molecule has 0 bridgehead atoms. The first kappa shape index (κ1) is 20.1. The van der Waals surface area contributed by atoms with Crippen molar-refractivity contribution in [1.82, 2.24) is 5.32 Å². The Labute approximate surface area is 173 Å². The number of nitrogens with zero attached hydrogens (tertiary/aromatic N) is 1. The summed E-state index contributed by atoms with van der Waals surface area (Å²) >= 11 is 6.06. The summed E-state index contributed by atoms with van der Waals surface area (Å²) in [6.07, 6.45) is 0. The van der Waals surface area contributed by atoms with Gasteiger partial charge in [-0.25, -0.2) is 4.79 Å². The van der Waals surface area contributed by atoms with E-state index in [0.29, 0.717) is 21.7 Å². The van der Waals surface area contributed by atoms with Crippen LogP contribution in [0.1, 0.15) is 21.5 Å². The van der Waals surface area contributed by atoms with Crippen LogP contribution in [0.25, 0.3) is 11.1 Å². The maximum absolute atomic E-state index is 12.6. The van der Waals surface area contributed by atoms with E-state index >= 15 is 0 Å². The van der Waals surface area contributed by atoms with Crippen molar-refractivity contribution in [2.75, 3.05) is 6.61 Å². The van der Waals surface area contributed by atoms with Gasteiger partial charge >= 0.3 is 5.97 Å². The van der Waals surface area contributed by atoms with Crippen LogP contribution in [0.2, 0.25) is 5.02 Å². The zero-order chi connectivity index (χ0) is 20.6. The number of halogens is 1. The first-order valence-corrected chi connectivity index (χ1v) is 9.23. The van der Waals surface area contributed by atoms with Crippen molar-refractivity contribution in [1.29, 1.82) is 5.26 Å². The fourth-order valence-electron chi connectivity index (χ4n) is 2.81. The van der Waals surface area contributed by atoms with E-state index in [1.807, 2.05) is 6.07 Å². The predicted molar refractivity (Wildman–Crippen MR) is 110 cm³/mol. The quantitative estimate of drug-likeness (QED) is 0.619. The van der Waals surface area contributed by atoms with Gasteiger partial charge in [0.25, 0.3) is 5.91 Å². The van der Waals surface area contributed by atoms with E-state index in [1.54, 1.807) is 66.7 Å². The normalized spacial score (nSPS) is 10.1. The summed E-state index contributed by atoms with van der Waals surface area (Å²) in [4.78, 5) is 24.6. The summed E-state index contributed by atoms with van der Waals surface area (Å²) in [7, 11) is 0. The number of rotatable bonds is 6. The van der Waals surface area contributed by atoms with E-state index < -0.39 is 18.5 Å². The number of nitriles is 1. The Kier molecular flexibility index (Phi) is 6.62. The molecule has 0 aliphatic heterocycles. The van der Waals surface area contributed by atoms with Crippen molar-refractivity contribution >= 4 is 23.5 Å². The van der Waals surface area contributed by atoms with Crippen molar-refractivity contribution in [3.63, 3.8) is 0 Å². The van der Waals surface area contributed by atoms with Crippen LogP contribution in [-0.2, 0) is 16.1 Å². The molecule has 0 spiro atoms. The van der Waals surface area contributed by atoms with Crippen LogP contribution in [0, 0.1) is 11.3 Å². The summed E-state index contributed by atoms with van der Waals surface area (Å²) in [6, 6.07) is 23.1. The fraction of sp³-hybridized carbons (Fsp3) is 0.0870. The van der Waals surface area contributed by atoms with Crippen molar-refractivity contribution < 1.29 is 14.3 Å². The van der Waals surface area contributed by atoms with Crippen molar-refractivity contribution in [3.05, 3.63) is 94.5 Å². The highest BCUT2D eigenvalue weighted by Crippen LogP contribution is 2.27. The lowest BCUT2D eigenvalue weighted by Gasteiger charge is -2.11. The number of benzene rings is 3. The minimum absolute atomic E-state index is 0.238. The fourth-order valence-corrected chi connectivity index (χ4v) is 3.01. The molecule has 0 aromatic heterocycles. The van der Waals surface area contributed by atoms with Crippen LogP contribution in [-0.4, -0.2) is 18.5 Å². The van der Waals surface area contributed by atoms with E-state index in [-0.39, 0.29) is 12.1 Å². The van der Waals surface area contributed by atoms with Gasteiger partial charge in [-0.1, -0.05) is 66.2 Å². The molecule has 0 aliphatic carbocycles. The third-order valence-corrected chi connectivity index (χ3v) is 4.62. The highest BCUT2D eigenvalue weighted by molar-refractivity contribution is 6.31. The molecule has 1 amide bonds. The Morgan fingerprint density at radius 3 is 2.34 bits per heavy atom. The lowest BCUT2D eigenvalue weighted by Crippen LogP contribution is -2.28. The Morgan fingerprint density at radius 1 is 0.931 bits per heavy atom. The highest BCUT2D eigenvalue weighted by Gasteiger charge is 2.17. The van der Waals surface area contributed by atoms with Gasteiger partial charge in [0.05, 0.1) is 17.2 Å². The number of amides is 1. The molecule has 0 aliphatic rings. The molecule has 3 aromatic rings. The molecule has 3 rings (SSSR count). The molecular weight excluding hydrogens is 388 g/mol. The number of carbonyl (C=O) groups excluding carboxylic acids is 2. The average Bonchev–Trinajstić information content (AvgIpc) is 2.76. The van der Waals surface area contributed by atoms with Gasteiger partial charge < -0.3 is 10.1 Å². The van der Waals surface area contributed by atoms with E-state index in [4.69, 9.17) is 16.3 Å². The monoisotopic (exact) mass is 404 g/mol. The average molecular weight is 405 g/mol. The Balaban J connectivity index is 1.67. The molecule has 1 N–H and O–H groups in total. The first-order valence-electron chi connectivity index (χ1n) is 8.86. The molecule has 0 saturated heterocycles. The molecular formula is C23H17ClN2O3. The molecule has 0 fully saturated rings. The lowest BCUT2D eigenvalue weighted by molar-refractivity contribution is -0.124. The SMILES string of the molecule is N#Cc1ccccc1-c1ccccc1C(=O)OCC(=O)NCc1ccccc1Cl. The number of esters is 1. The smallest absolute Gasteiger partial charge is 0.339 e. The molecule has 144 valence electrons. The van der Waals surface area contributed by atoms with Crippen molar-refractivity contribution in [2.45, 2.75) is 6.54 Å². The molecule has 0 saturated carbocycles. The largest absolute Gasteiger partial charge is 0.452 e. The lowest BCUT2D eigenvalue weighted by atomic mass is 9.96. The van der Waals surface area contributed by atoms with Crippen LogP contribution in [0.4, 0.5) is 0 Å². The Bertz CT molecular complexity index is 1090. The molecule has 0 atom stereocenters. The minimum Gasteiger partial charge on any atom is -0.452 e. The molecule has 29 heavy (non-hydrogen) atoms. The molecule has 0 unspecified atom stereocenters. The van der Waals surface area contributed by atoms with E-state index in [2.05, 4.69) is 11.4 Å². The minimum atomic E-state index is -0.638. The van der Waals surface area contributed by atoms with Gasteiger partial charge in [-0.2, -0.15) is 5.26 Å². The molecule has 3 aromatic carbocycles. The van der Waals surface area contributed by atoms with Gasteiger partial charge in [0.1, 0.15) is 0 Å². The maximum Gasteiger partial charge on any atom is 0.339 e. The second-order valence-electron chi connectivity index (χ2n) is 6.15. The Morgan fingerprint density at radius 2 is 1.59 bits per heavy atom. The number of ether oxygens (including phenoxy) is 1. The first-order chi connectivity index (χ1) is 14.1. The Hall–Kier alpha value is -3.62. The van der Waals surface area contributed by atoms with Crippen LogP contribution in [0.3, 0.4) is 0 Å². The highest BCUT2D eigenvalue weighted by atomic mass is 35.5. The van der Waals surface area contributed by atoms with E-state index in [0.717, 1.165) is 5.56 Å². The van der Waals surface area contributed by atoms with E-state index in [1.165, 1.54) is 0 Å². The second kappa shape index (κ2) is 9.54. The van der Waals surface area contributed by atoms with Gasteiger partial charge in [0.2, 0.25) is 0 Å². The van der Waals surface area contributed by atoms with E-state index in [9.17, 15) is 14.9 Å². The third-order valence-electron chi connectivity index (χ3n) is 4.25. The van der Waals surface area contributed by atoms with Gasteiger partial charge in [-0.15, -0.1) is 0 Å². The third kappa shape index (κ3) is 5.01. The standard InChI is InChI=1S/C23H17ClN2O3/c24-21-12-6-2-8-17(21)14-26-22(27)15-29-23(28)20-11-5-4-10-19(20)18-9-3-1-7-16(18)13-25/h1-12H,14-15H2,(H,26,27). The van der Waals surface area contributed by atoms with Crippen LogP contribution in [0.15, 0.2) is 72.8 Å². The summed E-state index contributed by atoms with van der Waals surface area (Å²) < 4.78 is 5.18. The number of nitrogens with one attached hydrogen (secondary N) is 1. The molecule has 0 heterocycles. The second-order valence-corrected chi connectivity index (χ2v) is 6.55. The topological polar surface area (TPSA) is 79.2 Å². The number of hydrogen-bond donors (Lipinski definition) is 1. The molecule has 5 nitrogen and oxygen atoms in total. The van der Waals surface area contributed by atoms with Crippen LogP contribution >= 0.6 is 11.6 Å². The summed E-state index contributed by atoms with van der Waals surface area (Å²) in [5.41, 5.74) is 2.71. The van der Waals surface area contributed by atoms with Crippen LogP contribution in [0.5, 0.6) is 0 Å². The summed E-state index contributed by atoms with van der Waals surface area (Å²) in [5.74, 6) is -1.07. The predicted octanol–water partition coefficient (Wildman–Crippen LogP) is 4.35. The van der Waals surface area contributed by atoms with Gasteiger partial charge in [0, 0.05) is 17.1 Å². The zero-order valence-corrected chi connectivity index (χ0v) is 16.1. The van der Waals surface area contributed by atoms with Crippen molar-refractivity contribution in [3.8, 4) is 17.2 Å². The molecule has 0 radical (unpaired) electrons. The molecule has 6 heteroatoms.